The van der Waals surface area contributed by atoms with Gasteiger partial charge >= 0.3 is 0 Å². The summed E-state index contributed by atoms with van der Waals surface area (Å²) in [5.74, 6) is -0.103. The lowest BCUT2D eigenvalue weighted by molar-refractivity contribution is 0.0437. The summed E-state index contributed by atoms with van der Waals surface area (Å²) in [7, 11) is 0. The molecule has 1 fully saturated rings. The second-order valence-corrected chi connectivity index (χ2v) is 7.03. The SMILES string of the molecule is Cc1nn(-c2ccccc2)cc1C(=O)N1CCCC(C)(C)C1C#N. The molecule has 1 aliphatic rings. The number of nitrogens with zero attached hydrogens (tertiary/aromatic N) is 4. The zero-order valence-electron chi connectivity index (χ0n) is 14.4. The Bertz CT molecular complexity index is 785. The molecule has 24 heavy (non-hydrogen) atoms. The van der Waals surface area contributed by atoms with Gasteiger partial charge in [-0.3, -0.25) is 4.79 Å². The quantitative estimate of drug-likeness (QED) is 0.852. The first-order chi connectivity index (χ1) is 11.4. The van der Waals surface area contributed by atoms with Crippen LogP contribution in [0.2, 0.25) is 0 Å². The van der Waals surface area contributed by atoms with E-state index < -0.39 is 6.04 Å². The first-order valence-electron chi connectivity index (χ1n) is 8.26. The molecular weight excluding hydrogens is 300 g/mol. The number of benzene rings is 1. The van der Waals surface area contributed by atoms with Crippen molar-refractivity contribution < 1.29 is 4.79 Å². The number of nitriles is 1. The van der Waals surface area contributed by atoms with Gasteiger partial charge in [-0.1, -0.05) is 32.0 Å². The van der Waals surface area contributed by atoms with E-state index in [0.717, 1.165) is 18.5 Å². The van der Waals surface area contributed by atoms with Gasteiger partial charge in [0.2, 0.25) is 0 Å². The molecule has 5 nitrogen and oxygen atoms in total. The van der Waals surface area contributed by atoms with Gasteiger partial charge < -0.3 is 4.90 Å². The summed E-state index contributed by atoms with van der Waals surface area (Å²) in [5, 5.41) is 14.1. The number of aryl methyl sites for hydroxylation is 1. The number of amides is 1. The molecule has 0 N–H and O–H groups in total. The fourth-order valence-electron chi connectivity index (χ4n) is 3.39. The highest BCUT2D eigenvalue weighted by Gasteiger charge is 2.40. The van der Waals surface area contributed by atoms with Gasteiger partial charge in [-0.25, -0.2) is 4.68 Å². The van der Waals surface area contributed by atoms with Crippen LogP contribution in [0.5, 0.6) is 0 Å². The summed E-state index contributed by atoms with van der Waals surface area (Å²) in [6.45, 7) is 6.57. The van der Waals surface area contributed by atoms with Crippen molar-refractivity contribution in [3.63, 3.8) is 0 Å². The smallest absolute Gasteiger partial charge is 0.258 e. The number of hydrogen-bond acceptors (Lipinski definition) is 3. The van der Waals surface area contributed by atoms with Gasteiger partial charge in [0, 0.05) is 12.7 Å². The molecule has 0 saturated carbocycles. The van der Waals surface area contributed by atoms with Gasteiger partial charge in [-0.15, -0.1) is 0 Å². The van der Waals surface area contributed by atoms with Crippen molar-refractivity contribution in [2.75, 3.05) is 6.54 Å². The molecule has 1 aromatic heterocycles. The number of aromatic nitrogens is 2. The van der Waals surface area contributed by atoms with E-state index in [0.29, 0.717) is 17.8 Å². The van der Waals surface area contributed by atoms with Gasteiger partial charge in [-0.2, -0.15) is 10.4 Å². The van der Waals surface area contributed by atoms with Crippen LogP contribution in [-0.2, 0) is 0 Å². The van der Waals surface area contributed by atoms with Crippen molar-refractivity contribution in [2.45, 2.75) is 39.7 Å². The molecule has 0 bridgehead atoms. The Morgan fingerprint density at radius 3 is 2.71 bits per heavy atom. The van der Waals surface area contributed by atoms with E-state index in [1.54, 1.807) is 15.8 Å². The zero-order valence-corrected chi connectivity index (χ0v) is 14.4. The summed E-state index contributed by atoms with van der Waals surface area (Å²) < 4.78 is 1.72. The van der Waals surface area contributed by atoms with Crippen LogP contribution < -0.4 is 0 Å². The van der Waals surface area contributed by atoms with Crippen molar-refractivity contribution in [2.24, 2.45) is 5.41 Å². The Hall–Kier alpha value is -2.61. The van der Waals surface area contributed by atoms with Crippen molar-refractivity contribution in [3.8, 4) is 11.8 Å². The highest BCUT2D eigenvalue weighted by molar-refractivity contribution is 5.95. The molecule has 124 valence electrons. The minimum absolute atomic E-state index is 0.103. The first-order valence-corrected chi connectivity index (χ1v) is 8.26. The predicted molar refractivity (Wildman–Crippen MR) is 91.8 cm³/mol. The van der Waals surface area contributed by atoms with E-state index in [9.17, 15) is 10.1 Å². The van der Waals surface area contributed by atoms with Gasteiger partial charge in [-0.05, 0) is 37.3 Å². The number of carbonyl (C=O) groups is 1. The van der Waals surface area contributed by atoms with Gasteiger partial charge in [0.05, 0.1) is 23.0 Å². The Morgan fingerprint density at radius 2 is 2.04 bits per heavy atom. The maximum absolute atomic E-state index is 13.0. The molecule has 1 unspecified atom stereocenters. The molecule has 1 aromatic carbocycles. The third-order valence-electron chi connectivity index (χ3n) is 4.81. The van der Waals surface area contributed by atoms with E-state index in [2.05, 4.69) is 25.0 Å². The summed E-state index contributed by atoms with van der Waals surface area (Å²) in [5.41, 5.74) is 1.97. The van der Waals surface area contributed by atoms with E-state index in [-0.39, 0.29) is 11.3 Å². The van der Waals surface area contributed by atoms with Gasteiger partial charge in [0.1, 0.15) is 6.04 Å². The summed E-state index contributed by atoms with van der Waals surface area (Å²) in [6, 6.07) is 11.6. The standard InChI is InChI=1S/C19H22N4O/c1-14-16(13-23(21-14)15-8-5-4-6-9-15)18(24)22-11-7-10-19(2,3)17(22)12-20/h4-6,8-9,13,17H,7,10-11H2,1-3H3. The predicted octanol–water partition coefficient (Wildman–Crippen LogP) is 3.34. The maximum atomic E-state index is 13.0. The highest BCUT2D eigenvalue weighted by atomic mass is 16.2. The molecule has 0 aliphatic carbocycles. The average Bonchev–Trinajstić information content (AvgIpc) is 2.96. The van der Waals surface area contributed by atoms with Crippen molar-refractivity contribution in [3.05, 3.63) is 47.8 Å². The van der Waals surface area contributed by atoms with Crippen molar-refractivity contribution >= 4 is 5.91 Å². The molecule has 1 atom stereocenters. The van der Waals surface area contributed by atoms with Gasteiger partial charge in [0.15, 0.2) is 0 Å². The first kappa shape index (κ1) is 16.3. The molecular formula is C19H22N4O. The van der Waals surface area contributed by atoms with Crippen LogP contribution in [-0.4, -0.2) is 33.2 Å². The normalized spacial score (nSPS) is 19.8. The fraction of sp³-hybridized carbons (Fsp3) is 0.421. The second-order valence-electron chi connectivity index (χ2n) is 7.03. The molecule has 1 amide bonds. The zero-order chi connectivity index (χ0) is 17.3. The van der Waals surface area contributed by atoms with Crippen LogP contribution in [0, 0.1) is 23.7 Å². The highest BCUT2D eigenvalue weighted by Crippen LogP contribution is 2.35. The number of carbonyl (C=O) groups excluding carboxylic acids is 1. The van der Waals surface area contributed by atoms with E-state index >= 15 is 0 Å². The Morgan fingerprint density at radius 1 is 1.33 bits per heavy atom. The molecule has 1 aliphatic heterocycles. The lowest BCUT2D eigenvalue weighted by Gasteiger charge is -2.42. The second kappa shape index (κ2) is 6.12. The minimum atomic E-state index is -0.404. The third-order valence-corrected chi connectivity index (χ3v) is 4.81. The molecule has 0 radical (unpaired) electrons. The van der Waals surface area contributed by atoms with Crippen LogP contribution in [0.15, 0.2) is 36.5 Å². The molecule has 1 saturated heterocycles. The number of likely N-dealkylation sites (tertiary alicyclic amines) is 1. The summed E-state index contributed by atoms with van der Waals surface area (Å²) in [6.07, 6.45) is 3.64. The number of hydrogen-bond donors (Lipinski definition) is 0. The Balaban J connectivity index is 1.93. The Labute approximate surface area is 142 Å². The van der Waals surface area contributed by atoms with E-state index in [1.807, 2.05) is 37.3 Å². The van der Waals surface area contributed by atoms with Crippen LogP contribution in [0.3, 0.4) is 0 Å². The van der Waals surface area contributed by atoms with Crippen molar-refractivity contribution in [1.82, 2.24) is 14.7 Å². The minimum Gasteiger partial charge on any atom is -0.322 e. The molecule has 0 spiro atoms. The number of rotatable bonds is 2. The van der Waals surface area contributed by atoms with E-state index in [4.69, 9.17) is 0 Å². The molecule has 3 rings (SSSR count). The molecule has 2 aromatic rings. The van der Waals surface area contributed by atoms with Crippen LogP contribution >= 0.6 is 0 Å². The van der Waals surface area contributed by atoms with E-state index in [1.165, 1.54) is 0 Å². The van der Waals surface area contributed by atoms with Crippen LogP contribution in [0.4, 0.5) is 0 Å². The molecule has 5 heteroatoms. The lowest BCUT2D eigenvalue weighted by atomic mass is 9.77. The maximum Gasteiger partial charge on any atom is 0.258 e. The third kappa shape index (κ3) is 2.80. The lowest BCUT2D eigenvalue weighted by Crippen LogP contribution is -2.51. The Kier molecular flexibility index (Phi) is 4.15. The molecule has 2 heterocycles. The topological polar surface area (TPSA) is 61.9 Å². The summed E-state index contributed by atoms with van der Waals surface area (Å²) >= 11 is 0. The number of para-hydroxylation sites is 1. The fourth-order valence-corrected chi connectivity index (χ4v) is 3.39. The average molecular weight is 322 g/mol. The van der Waals surface area contributed by atoms with Crippen molar-refractivity contribution in [1.29, 1.82) is 5.26 Å². The monoisotopic (exact) mass is 322 g/mol. The largest absolute Gasteiger partial charge is 0.322 e. The van der Waals surface area contributed by atoms with Crippen LogP contribution in [0.25, 0.3) is 5.69 Å². The van der Waals surface area contributed by atoms with Gasteiger partial charge in [0.25, 0.3) is 5.91 Å². The summed E-state index contributed by atoms with van der Waals surface area (Å²) in [4.78, 5) is 14.8. The van der Waals surface area contributed by atoms with Crippen LogP contribution in [0.1, 0.15) is 42.7 Å². The number of piperidine rings is 1.